The predicted octanol–water partition coefficient (Wildman–Crippen LogP) is 3.44. The van der Waals surface area contributed by atoms with Crippen LogP contribution in [0.2, 0.25) is 5.02 Å². The van der Waals surface area contributed by atoms with E-state index < -0.39 is 0 Å². The molecule has 0 amide bonds. The number of benzene rings is 2. The van der Waals surface area contributed by atoms with Gasteiger partial charge in [0, 0.05) is 28.6 Å². The van der Waals surface area contributed by atoms with Crippen molar-refractivity contribution in [3.8, 4) is 28.4 Å². The Hall–Kier alpha value is -1.91. The standard InChI is InChI=1S/C17H18ClNO3/c1-20-13-7-10-11(8-19)9-5-4-6-12(18)14(9)15(10)17(22-3)16(13)21-2/h4-7,11H,8,19H2,1-3H3. The number of hydrogen-bond donors (Lipinski definition) is 1. The first-order chi connectivity index (χ1) is 10.7. The van der Waals surface area contributed by atoms with Crippen LogP contribution in [0.4, 0.5) is 0 Å². The Morgan fingerprint density at radius 2 is 1.73 bits per heavy atom. The summed E-state index contributed by atoms with van der Waals surface area (Å²) in [6.45, 7) is 0.485. The van der Waals surface area contributed by atoms with E-state index >= 15 is 0 Å². The Kier molecular flexibility index (Phi) is 3.89. The van der Waals surface area contributed by atoms with Crippen LogP contribution in [0.3, 0.4) is 0 Å². The second-order valence-electron chi connectivity index (χ2n) is 5.10. The van der Waals surface area contributed by atoms with Crippen LogP contribution in [0, 0.1) is 0 Å². The average molecular weight is 320 g/mol. The van der Waals surface area contributed by atoms with Crippen LogP contribution in [0.25, 0.3) is 11.1 Å². The Balaban J connectivity index is 2.41. The van der Waals surface area contributed by atoms with Crippen LogP contribution in [-0.4, -0.2) is 27.9 Å². The van der Waals surface area contributed by atoms with Crippen molar-refractivity contribution < 1.29 is 14.2 Å². The molecular formula is C17H18ClNO3. The first kappa shape index (κ1) is 15.0. The van der Waals surface area contributed by atoms with Gasteiger partial charge in [0.25, 0.3) is 0 Å². The molecule has 0 aliphatic heterocycles. The average Bonchev–Trinajstić information content (AvgIpc) is 2.87. The number of rotatable bonds is 4. The summed E-state index contributed by atoms with van der Waals surface area (Å²) in [4.78, 5) is 0. The molecule has 1 atom stereocenters. The molecule has 0 aromatic heterocycles. The van der Waals surface area contributed by atoms with Crippen molar-refractivity contribution >= 4 is 11.6 Å². The van der Waals surface area contributed by atoms with Crippen LogP contribution in [0.5, 0.6) is 17.2 Å². The van der Waals surface area contributed by atoms with Gasteiger partial charge in [0.1, 0.15) is 0 Å². The summed E-state index contributed by atoms with van der Waals surface area (Å²) in [5.41, 5.74) is 10.1. The van der Waals surface area contributed by atoms with Gasteiger partial charge in [0.15, 0.2) is 11.5 Å². The van der Waals surface area contributed by atoms with Crippen LogP contribution in [0.1, 0.15) is 17.0 Å². The molecule has 2 aromatic carbocycles. The molecule has 3 rings (SSSR count). The number of halogens is 1. The maximum atomic E-state index is 6.45. The highest BCUT2D eigenvalue weighted by Gasteiger charge is 2.35. The zero-order valence-corrected chi connectivity index (χ0v) is 13.5. The minimum atomic E-state index is 0.0670. The largest absolute Gasteiger partial charge is 0.493 e. The van der Waals surface area contributed by atoms with E-state index in [0.717, 1.165) is 22.3 Å². The van der Waals surface area contributed by atoms with Crippen molar-refractivity contribution in [1.82, 2.24) is 0 Å². The molecule has 0 heterocycles. The Morgan fingerprint density at radius 1 is 1.00 bits per heavy atom. The van der Waals surface area contributed by atoms with Crippen LogP contribution in [-0.2, 0) is 0 Å². The van der Waals surface area contributed by atoms with Crippen molar-refractivity contribution in [2.75, 3.05) is 27.9 Å². The molecule has 1 unspecified atom stereocenters. The Bertz CT molecular complexity index is 730. The highest BCUT2D eigenvalue weighted by atomic mass is 35.5. The summed E-state index contributed by atoms with van der Waals surface area (Å²) in [6.07, 6.45) is 0. The molecule has 0 bridgehead atoms. The highest BCUT2D eigenvalue weighted by Crippen LogP contribution is 2.56. The van der Waals surface area contributed by atoms with E-state index in [4.69, 9.17) is 31.5 Å². The normalized spacial score (nSPS) is 15.2. The van der Waals surface area contributed by atoms with Gasteiger partial charge in [-0.1, -0.05) is 23.7 Å². The lowest BCUT2D eigenvalue weighted by Gasteiger charge is -2.18. The summed E-state index contributed by atoms with van der Waals surface area (Å²) in [5.74, 6) is 1.88. The minimum Gasteiger partial charge on any atom is -0.493 e. The van der Waals surface area contributed by atoms with E-state index in [2.05, 4.69) is 6.07 Å². The first-order valence-electron chi connectivity index (χ1n) is 6.99. The van der Waals surface area contributed by atoms with Gasteiger partial charge in [-0.3, -0.25) is 0 Å². The van der Waals surface area contributed by atoms with Crippen LogP contribution in [0.15, 0.2) is 24.3 Å². The van der Waals surface area contributed by atoms with Gasteiger partial charge in [-0.2, -0.15) is 0 Å². The van der Waals surface area contributed by atoms with E-state index in [9.17, 15) is 0 Å². The van der Waals surface area contributed by atoms with Gasteiger partial charge in [-0.05, 0) is 23.3 Å². The van der Waals surface area contributed by atoms with Crippen molar-refractivity contribution in [3.05, 3.63) is 40.4 Å². The van der Waals surface area contributed by atoms with Crippen molar-refractivity contribution in [3.63, 3.8) is 0 Å². The Labute approximate surface area is 134 Å². The first-order valence-corrected chi connectivity index (χ1v) is 7.37. The van der Waals surface area contributed by atoms with Crippen molar-refractivity contribution in [2.24, 2.45) is 5.73 Å². The second-order valence-corrected chi connectivity index (χ2v) is 5.51. The van der Waals surface area contributed by atoms with Gasteiger partial charge >= 0.3 is 0 Å². The summed E-state index contributed by atoms with van der Waals surface area (Å²) >= 11 is 6.45. The van der Waals surface area contributed by atoms with Crippen molar-refractivity contribution in [1.29, 1.82) is 0 Å². The fraction of sp³-hybridized carbons (Fsp3) is 0.294. The number of ether oxygens (including phenoxy) is 3. The van der Waals surface area contributed by atoms with E-state index in [-0.39, 0.29) is 5.92 Å². The lowest BCUT2D eigenvalue weighted by Crippen LogP contribution is -2.11. The molecule has 0 fully saturated rings. The number of methoxy groups -OCH3 is 3. The molecule has 22 heavy (non-hydrogen) atoms. The third-order valence-electron chi connectivity index (χ3n) is 4.14. The lowest BCUT2D eigenvalue weighted by atomic mass is 9.97. The summed E-state index contributed by atoms with van der Waals surface area (Å²) in [6, 6.07) is 7.83. The Morgan fingerprint density at radius 3 is 2.32 bits per heavy atom. The number of nitrogens with two attached hydrogens (primary N) is 1. The van der Waals surface area contributed by atoms with Crippen LogP contribution >= 0.6 is 11.6 Å². The monoisotopic (exact) mass is 319 g/mol. The SMILES string of the molecule is COc1cc2c(c(OC)c1OC)-c1c(Cl)cccc1C2CN. The molecule has 2 N–H and O–H groups in total. The second kappa shape index (κ2) is 5.71. The van der Waals surface area contributed by atoms with Crippen molar-refractivity contribution in [2.45, 2.75) is 5.92 Å². The van der Waals surface area contributed by atoms with Gasteiger partial charge in [0.05, 0.1) is 21.3 Å². The zero-order valence-electron chi connectivity index (χ0n) is 12.8. The summed E-state index contributed by atoms with van der Waals surface area (Å²) in [5, 5.41) is 0.681. The summed E-state index contributed by atoms with van der Waals surface area (Å²) in [7, 11) is 4.82. The molecule has 2 aromatic rings. The summed E-state index contributed by atoms with van der Waals surface area (Å²) < 4.78 is 16.6. The van der Waals surface area contributed by atoms with Gasteiger partial charge < -0.3 is 19.9 Å². The smallest absolute Gasteiger partial charge is 0.203 e. The molecule has 0 radical (unpaired) electrons. The molecule has 5 heteroatoms. The van der Waals surface area contributed by atoms with E-state index in [1.807, 2.05) is 18.2 Å². The van der Waals surface area contributed by atoms with E-state index in [0.29, 0.717) is 28.8 Å². The molecule has 0 saturated carbocycles. The predicted molar refractivity (Wildman–Crippen MR) is 87.4 cm³/mol. The number of fused-ring (bicyclic) bond motifs is 3. The molecule has 4 nitrogen and oxygen atoms in total. The van der Waals surface area contributed by atoms with E-state index in [1.165, 1.54) is 0 Å². The maximum Gasteiger partial charge on any atom is 0.203 e. The lowest BCUT2D eigenvalue weighted by molar-refractivity contribution is 0.325. The molecule has 0 spiro atoms. The zero-order chi connectivity index (χ0) is 15.9. The topological polar surface area (TPSA) is 53.7 Å². The third kappa shape index (κ3) is 1.95. The molecule has 116 valence electrons. The third-order valence-corrected chi connectivity index (χ3v) is 4.46. The molecule has 1 aliphatic carbocycles. The van der Waals surface area contributed by atoms with Gasteiger partial charge in [0.2, 0.25) is 5.75 Å². The van der Waals surface area contributed by atoms with E-state index in [1.54, 1.807) is 21.3 Å². The molecule has 0 saturated heterocycles. The quantitative estimate of drug-likeness (QED) is 0.938. The molecular weight excluding hydrogens is 302 g/mol. The fourth-order valence-electron chi connectivity index (χ4n) is 3.22. The highest BCUT2D eigenvalue weighted by molar-refractivity contribution is 6.34. The minimum absolute atomic E-state index is 0.0670. The van der Waals surface area contributed by atoms with Gasteiger partial charge in [-0.15, -0.1) is 0 Å². The molecule has 1 aliphatic rings. The van der Waals surface area contributed by atoms with Crippen LogP contribution < -0.4 is 19.9 Å². The number of hydrogen-bond acceptors (Lipinski definition) is 4. The van der Waals surface area contributed by atoms with Gasteiger partial charge in [-0.25, -0.2) is 0 Å². The maximum absolute atomic E-state index is 6.45. The fourth-order valence-corrected chi connectivity index (χ4v) is 3.50.